The second-order valence-electron chi connectivity index (χ2n) is 8.41. The van der Waals surface area contributed by atoms with Crippen LogP contribution < -0.4 is 10.2 Å². The van der Waals surface area contributed by atoms with E-state index in [9.17, 15) is 4.79 Å². The molecule has 0 bridgehead atoms. The summed E-state index contributed by atoms with van der Waals surface area (Å²) in [6.45, 7) is 6.82. The van der Waals surface area contributed by atoms with E-state index in [0.29, 0.717) is 27.3 Å². The maximum absolute atomic E-state index is 12.1. The maximum atomic E-state index is 12.1. The fourth-order valence-electron chi connectivity index (χ4n) is 4.20. The molecule has 1 unspecified atom stereocenters. The van der Waals surface area contributed by atoms with Gasteiger partial charge in [-0.3, -0.25) is 9.69 Å². The Labute approximate surface area is 215 Å². The number of amides is 1. The average molecular weight is 521 g/mol. The van der Waals surface area contributed by atoms with Crippen LogP contribution >= 0.6 is 34.8 Å². The maximum Gasteiger partial charge on any atom is 0.271 e. The van der Waals surface area contributed by atoms with Gasteiger partial charge >= 0.3 is 0 Å². The first-order valence-electron chi connectivity index (χ1n) is 11.4. The SMILES string of the molecule is CCCNC(=O)c1cn(CCN2CCN(c3ccc(Cl)cc3Cl)C(c3ccc(Cl)cc3)C2)cn1. The van der Waals surface area contributed by atoms with Gasteiger partial charge in [-0.1, -0.05) is 53.9 Å². The normalized spacial score (nSPS) is 16.6. The van der Waals surface area contributed by atoms with Gasteiger partial charge in [0.1, 0.15) is 5.69 Å². The van der Waals surface area contributed by atoms with Crippen LogP contribution in [0.5, 0.6) is 0 Å². The molecule has 180 valence electrons. The minimum atomic E-state index is -0.128. The van der Waals surface area contributed by atoms with Crippen LogP contribution in [0.15, 0.2) is 55.0 Å². The minimum absolute atomic E-state index is 0.114. The molecule has 0 spiro atoms. The molecule has 2 heterocycles. The molecule has 0 aliphatic carbocycles. The zero-order valence-electron chi connectivity index (χ0n) is 19.1. The Morgan fingerprint density at radius 2 is 1.82 bits per heavy atom. The molecule has 1 aliphatic rings. The van der Waals surface area contributed by atoms with Crippen molar-refractivity contribution in [3.63, 3.8) is 0 Å². The highest BCUT2D eigenvalue weighted by Crippen LogP contribution is 2.36. The van der Waals surface area contributed by atoms with Crippen molar-refractivity contribution in [1.82, 2.24) is 19.8 Å². The minimum Gasteiger partial charge on any atom is -0.361 e. The molecule has 1 N–H and O–H groups in total. The van der Waals surface area contributed by atoms with E-state index in [4.69, 9.17) is 34.8 Å². The van der Waals surface area contributed by atoms with Crippen molar-refractivity contribution in [2.75, 3.05) is 37.6 Å². The fraction of sp³-hybridized carbons (Fsp3) is 0.360. The first-order valence-corrected chi connectivity index (χ1v) is 12.6. The molecular formula is C25H28Cl3N5O. The number of hydrogen-bond donors (Lipinski definition) is 1. The molecule has 2 aromatic carbocycles. The summed E-state index contributed by atoms with van der Waals surface area (Å²) in [5.74, 6) is -0.128. The van der Waals surface area contributed by atoms with E-state index < -0.39 is 0 Å². The summed E-state index contributed by atoms with van der Waals surface area (Å²) in [4.78, 5) is 21.2. The highest BCUT2D eigenvalue weighted by Gasteiger charge is 2.29. The summed E-state index contributed by atoms with van der Waals surface area (Å²) < 4.78 is 1.97. The number of carbonyl (C=O) groups is 1. The molecule has 4 rings (SSSR count). The number of rotatable bonds is 8. The van der Waals surface area contributed by atoms with Crippen molar-refractivity contribution in [3.05, 3.63) is 81.3 Å². The molecule has 6 nitrogen and oxygen atoms in total. The zero-order chi connectivity index (χ0) is 24.1. The number of imidazole rings is 1. The van der Waals surface area contributed by atoms with Gasteiger partial charge in [0.15, 0.2) is 0 Å². The highest BCUT2D eigenvalue weighted by molar-refractivity contribution is 6.36. The van der Waals surface area contributed by atoms with Crippen LogP contribution in [0.4, 0.5) is 5.69 Å². The lowest BCUT2D eigenvalue weighted by atomic mass is 10.0. The summed E-state index contributed by atoms with van der Waals surface area (Å²) in [6.07, 6.45) is 4.43. The van der Waals surface area contributed by atoms with E-state index >= 15 is 0 Å². The van der Waals surface area contributed by atoms with Crippen LogP contribution in [0.3, 0.4) is 0 Å². The molecule has 9 heteroatoms. The number of halogens is 3. The summed E-state index contributed by atoms with van der Waals surface area (Å²) in [5, 5.41) is 4.85. The zero-order valence-corrected chi connectivity index (χ0v) is 21.3. The topological polar surface area (TPSA) is 53.4 Å². The first kappa shape index (κ1) is 24.9. The summed E-state index contributed by atoms with van der Waals surface area (Å²) in [5.41, 5.74) is 2.61. The van der Waals surface area contributed by atoms with E-state index in [2.05, 4.69) is 32.2 Å². The predicted molar refractivity (Wildman–Crippen MR) is 139 cm³/mol. The van der Waals surface area contributed by atoms with Gasteiger partial charge in [-0.25, -0.2) is 4.98 Å². The molecule has 34 heavy (non-hydrogen) atoms. The number of piperazine rings is 1. The Morgan fingerprint density at radius 3 is 2.56 bits per heavy atom. The molecule has 1 fully saturated rings. The first-order chi connectivity index (χ1) is 16.4. The van der Waals surface area contributed by atoms with E-state index in [1.54, 1.807) is 12.4 Å². The summed E-state index contributed by atoms with van der Waals surface area (Å²) in [6, 6.07) is 13.8. The lowest BCUT2D eigenvalue weighted by Gasteiger charge is -2.43. The van der Waals surface area contributed by atoms with Crippen LogP contribution in [0.2, 0.25) is 15.1 Å². The summed E-state index contributed by atoms with van der Waals surface area (Å²) in [7, 11) is 0. The van der Waals surface area contributed by atoms with Crippen molar-refractivity contribution in [2.24, 2.45) is 0 Å². The molecule has 1 atom stereocenters. The quantitative estimate of drug-likeness (QED) is 0.423. The molecule has 3 aromatic rings. The van der Waals surface area contributed by atoms with E-state index in [0.717, 1.165) is 44.8 Å². The Morgan fingerprint density at radius 1 is 1.06 bits per heavy atom. The number of anilines is 1. The Bertz CT molecular complexity index is 1120. The van der Waals surface area contributed by atoms with Gasteiger partial charge in [0, 0.05) is 55.5 Å². The van der Waals surface area contributed by atoms with Crippen molar-refractivity contribution < 1.29 is 4.79 Å². The van der Waals surface area contributed by atoms with Gasteiger partial charge in [0.25, 0.3) is 5.91 Å². The number of hydrogen-bond acceptors (Lipinski definition) is 4. The molecular weight excluding hydrogens is 493 g/mol. The second-order valence-corrected chi connectivity index (χ2v) is 9.69. The molecule has 1 aliphatic heterocycles. The molecule has 1 amide bonds. The van der Waals surface area contributed by atoms with Crippen molar-refractivity contribution in [3.8, 4) is 0 Å². The van der Waals surface area contributed by atoms with Crippen molar-refractivity contribution in [1.29, 1.82) is 0 Å². The highest BCUT2D eigenvalue weighted by atomic mass is 35.5. The number of nitrogens with zero attached hydrogens (tertiary/aromatic N) is 4. The van der Waals surface area contributed by atoms with E-state index in [1.807, 2.05) is 42.0 Å². The van der Waals surface area contributed by atoms with E-state index in [1.165, 1.54) is 5.56 Å². The average Bonchev–Trinajstić information content (AvgIpc) is 3.31. The smallest absolute Gasteiger partial charge is 0.271 e. The van der Waals surface area contributed by atoms with Gasteiger partial charge in [-0.15, -0.1) is 0 Å². The molecule has 1 saturated heterocycles. The molecule has 0 radical (unpaired) electrons. The third-order valence-electron chi connectivity index (χ3n) is 6.01. The van der Waals surface area contributed by atoms with Gasteiger partial charge in [-0.2, -0.15) is 0 Å². The lowest BCUT2D eigenvalue weighted by molar-refractivity contribution is 0.0949. The summed E-state index contributed by atoms with van der Waals surface area (Å²) >= 11 is 18.9. The molecule has 0 saturated carbocycles. The number of carbonyl (C=O) groups excluding carboxylic acids is 1. The fourth-order valence-corrected chi connectivity index (χ4v) is 4.84. The van der Waals surface area contributed by atoms with Crippen LogP contribution in [0.25, 0.3) is 0 Å². The standard InChI is InChI=1S/C25H28Cl3N5O/c1-2-9-29-25(34)22-15-32(17-30-22)11-10-31-12-13-33(23-8-7-20(27)14-21(23)28)24(16-31)18-3-5-19(26)6-4-18/h3-8,14-15,17,24H,2,9-13,16H2,1H3,(H,29,34). The van der Waals surface area contributed by atoms with Crippen LogP contribution in [0.1, 0.15) is 35.4 Å². The van der Waals surface area contributed by atoms with Crippen molar-refractivity contribution in [2.45, 2.75) is 25.9 Å². The third kappa shape index (κ3) is 6.05. The number of benzene rings is 2. The van der Waals surface area contributed by atoms with Crippen LogP contribution in [-0.2, 0) is 6.54 Å². The van der Waals surface area contributed by atoms with Crippen LogP contribution in [0, 0.1) is 0 Å². The van der Waals surface area contributed by atoms with Gasteiger partial charge < -0.3 is 14.8 Å². The van der Waals surface area contributed by atoms with Gasteiger partial charge in [-0.05, 0) is 42.3 Å². The Hall–Kier alpha value is -2.25. The second kappa shape index (κ2) is 11.5. The third-order valence-corrected chi connectivity index (χ3v) is 6.80. The lowest BCUT2D eigenvalue weighted by Crippen LogP contribution is -2.49. The van der Waals surface area contributed by atoms with Crippen LogP contribution in [-0.4, -0.2) is 53.1 Å². The van der Waals surface area contributed by atoms with Gasteiger partial charge in [0.05, 0.1) is 23.1 Å². The molecule has 1 aromatic heterocycles. The largest absolute Gasteiger partial charge is 0.361 e. The number of nitrogens with one attached hydrogen (secondary N) is 1. The Kier molecular flexibility index (Phi) is 8.37. The van der Waals surface area contributed by atoms with E-state index in [-0.39, 0.29) is 11.9 Å². The monoisotopic (exact) mass is 519 g/mol. The Balaban J connectivity index is 1.46. The van der Waals surface area contributed by atoms with Gasteiger partial charge in [0.2, 0.25) is 0 Å². The number of aromatic nitrogens is 2. The predicted octanol–water partition coefficient (Wildman–Crippen LogP) is 5.55. The van der Waals surface area contributed by atoms with Crippen molar-refractivity contribution >= 4 is 46.4 Å².